The molecule has 0 aliphatic rings. The molecule has 0 saturated heterocycles. The van der Waals surface area contributed by atoms with Gasteiger partial charge in [0.05, 0.1) is 32.5 Å². The lowest BCUT2D eigenvalue weighted by molar-refractivity contribution is 0.0929. The van der Waals surface area contributed by atoms with Crippen LogP contribution in [0.1, 0.15) is 50.9 Å². The van der Waals surface area contributed by atoms with E-state index in [4.69, 9.17) is 14.9 Å². The average molecular weight is 641 g/mol. The molecule has 11 nitrogen and oxygen atoms in total. The first-order chi connectivity index (χ1) is 23.6. The fraction of sp³-hybridized carbons (Fsp3) is 0.189. The molecule has 0 bridgehead atoms. The van der Waals surface area contributed by atoms with Crippen LogP contribution in [0.2, 0.25) is 0 Å². The zero-order valence-corrected chi connectivity index (χ0v) is 26.4. The number of pyridine rings is 1. The third kappa shape index (κ3) is 6.41. The van der Waals surface area contributed by atoms with E-state index in [1.54, 1.807) is 31.5 Å². The highest BCUT2D eigenvalue weighted by atomic mass is 16.5. The Balaban J connectivity index is 1.32. The molecule has 1 unspecified atom stereocenters. The second-order valence-electron chi connectivity index (χ2n) is 11.6. The molecule has 1 amide bonds. The van der Waals surface area contributed by atoms with Gasteiger partial charge < -0.3 is 29.7 Å². The lowest BCUT2D eigenvalue weighted by Gasteiger charge is -2.23. The summed E-state index contributed by atoms with van der Waals surface area (Å²) in [6.07, 6.45) is 6.56. The van der Waals surface area contributed by atoms with Gasteiger partial charge in [-0.1, -0.05) is 54.6 Å². The average Bonchev–Trinajstić information content (AvgIpc) is 3.86. The third-order valence-electron chi connectivity index (χ3n) is 8.67. The van der Waals surface area contributed by atoms with Crippen LogP contribution in [-0.4, -0.2) is 54.6 Å². The molecule has 11 heteroatoms. The summed E-state index contributed by atoms with van der Waals surface area (Å²) in [4.78, 5) is 24.6. The van der Waals surface area contributed by atoms with Gasteiger partial charge in [-0.3, -0.25) is 15.1 Å². The van der Waals surface area contributed by atoms with E-state index in [1.807, 2.05) is 77.6 Å². The molecule has 242 valence electrons. The molecule has 0 saturated carbocycles. The largest absolute Gasteiger partial charge is 0.497 e. The van der Waals surface area contributed by atoms with Gasteiger partial charge in [0, 0.05) is 46.8 Å². The fourth-order valence-electron chi connectivity index (χ4n) is 6.26. The summed E-state index contributed by atoms with van der Waals surface area (Å²) in [6, 6.07) is 28.3. The van der Waals surface area contributed by atoms with E-state index in [-0.39, 0.29) is 12.6 Å². The Morgan fingerprint density at radius 1 is 0.812 bits per heavy atom. The number of carbonyl (C=O) groups excluding carboxylic acids is 1. The number of fused-ring (bicyclic) bond motifs is 2. The number of aliphatic hydroxyl groups is 1. The molecule has 48 heavy (non-hydrogen) atoms. The van der Waals surface area contributed by atoms with Crippen molar-refractivity contribution in [3.63, 3.8) is 0 Å². The Morgan fingerprint density at radius 3 is 2.02 bits per heavy atom. The minimum absolute atomic E-state index is 0.257. The standard InChI is InChI=1S/C37H36N8O3/c1-48-27-15-13-24(14-16-27)22-45-35(33(41-23-46)18-25-20-39-30-10-4-2-8-28(25)30)43-44-36(45)34(42-37(47)32-12-6-7-17-38-32)19-26-21-40-31-11-5-3-9-29(26)31/h2-17,20-21,33-34,39-41,46H,18-19,22-23H2,1H3,(H,42,47)/t33?,34-/m1/s1. The second-order valence-corrected chi connectivity index (χ2v) is 11.6. The number of aromatic amines is 2. The molecular formula is C37H36N8O3. The van der Waals surface area contributed by atoms with Crippen molar-refractivity contribution >= 4 is 27.7 Å². The molecule has 7 aromatic rings. The number of benzene rings is 3. The van der Waals surface area contributed by atoms with Gasteiger partial charge in [-0.15, -0.1) is 10.2 Å². The summed E-state index contributed by atoms with van der Waals surface area (Å²) in [5.41, 5.74) is 5.45. The number of H-pyrrole nitrogens is 2. The summed E-state index contributed by atoms with van der Waals surface area (Å²) >= 11 is 0. The number of carbonyl (C=O) groups is 1. The van der Waals surface area contributed by atoms with Crippen molar-refractivity contribution in [3.8, 4) is 5.75 Å². The smallest absolute Gasteiger partial charge is 0.270 e. The number of hydrogen-bond donors (Lipinski definition) is 5. The highest BCUT2D eigenvalue weighted by molar-refractivity contribution is 5.92. The molecule has 4 heterocycles. The lowest BCUT2D eigenvalue weighted by Crippen LogP contribution is -2.33. The van der Waals surface area contributed by atoms with E-state index in [2.05, 4.69) is 37.7 Å². The van der Waals surface area contributed by atoms with Gasteiger partial charge in [0.2, 0.25) is 0 Å². The molecule has 0 radical (unpaired) electrons. The number of amides is 1. The van der Waals surface area contributed by atoms with Crippen LogP contribution >= 0.6 is 0 Å². The van der Waals surface area contributed by atoms with E-state index in [1.165, 1.54) is 0 Å². The number of methoxy groups -OCH3 is 1. The number of rotatable bonds is 13. The number of aliphatic hydroxyl groups excluding tert-OH is 1. The minimum atomic E-state index is -0.568. The first kappa shape index (κ1) is 30.9. The number of nitrogens with one attached hydrogen (secondary N) is 4. The van der Waals surface area contributed by atoms with Crippen molar-refractivity contribution in [2.75, 3.05) is 13.8 Å². The van der Waals surface area contributed by atoms with Gasteiger partial charge >= 0.3 is 0 Å². The highest BCUT2D eigenvalue weighted by Crippen LogP contribution is 2.29. The maximum atomic E-state index is 13.6. The van der Waals surface area contributed by atoms with E-state index in [0.717, 1.165) is 44.2 Å². The predicted octanol–water partition coefficient (Wildman–Crippen LogP) is 5.23. The molecule has 0 aliphatic heterocycles. The summed E-state index contributed by atoms with van der Waals surface area (Å²) in [5, 5.41) is 28.3. The molecular weight excluding hydrogens is 604 g/mol. The summed E-state index contributed by atoms with van der Waals surface area (Å²) < 4.78 is 7.45. The Bertz CT molecular complexity index is 2140. The monoisotopic (exact) mass is 640 g/mol. The maximum Gasteiger partial charge on any atom is 0.270 e. The van der Waals surface area contributed by atoms with Crippen LogP contribution in [0.25, 0.3) is 21.8 Å². The van der Waals surface area contributed by atoms with Gasteiger partial charge in [0.25, 0.3) is 5.91 Å². The van der Waals surface area contributed by atoms with E-state index >= 15 is 0 Å². The Labute approximate surface area is 277 Å². The zero-order valence-electron chi connectivity index (χ0n) is 26.4. The van der Waals surface area contributed by atoms with Gasteiger partial charge in [0.15, 0.2) is 11.6 Å². The molecule has 0 spiro atoms. The Morgan fingerprint density at radius 2 is 1.42 bits per heavy atom. The minimum Gasteiger partial charge on any atom is -0.497 e. The highest BCUT2D eigenvalue weighted by Gasteiger charge is 2.29. The van der Waals surface area contributed by atoms with Crippen LogP contribution in [0.3, 0.4) is 0 Å². The van der Waals surface area contributed by atoms with Gasteiger partial charge in [-0.05, 0) is 59.5 Å². The maximum absolute atomic E-state index is 13.6. The first-order valence-corrected chi connectivity index (χ1v) is 15.8. The number of para-hydroxylation sites is 2. The Kier molecular flexibility index (Phi) is 8.94. The Hall–Kier alpha value is -5.78. The molecule has 5 N–H and O–H groups in total. The number of aromatic nitrogens is 6. The first-order valence-electron chi connectivity index (χ1n) is 15.8. The van der Waals surface area contributed by atoms with Gasteiger partial charge in [-0.25, -0.2) is 0 Å². The molecule has 0 fully saturated rings. The molecule has 2 atom stereocenters. The van der Waals surface area contributed by atoms with Crippen LogP contribution in [-0.2, 0) is 19.4 Å². The molecule has 3 aromatic carbocycles. The fourth-order valence-corrected chi connectivity index (χ4v) is 6.26. The summed E-state index contributed by atoms with van der Waals surface area (Å²) in [7, 11) is 1.64. The van der Waals surface area contributed by atoms with E-state index in [0.29, 0.717) is 36.7 Å². The van der Waals surface area contributed by atoms with Crippen molar-refractivity contribution in [3.05, 3.63) is 144 Å². The molecule has 0 aliphatic carbocycles. The number of nitrogens with zero attached hydrogens (tertiary/aromatic N) is 4. The van der Waals surface area contributed by atoms with E-state index < -0.39 is 12.1 Å². The van der Waals surface area contributed by atoms with E-state index in [9.17, 15) is 9.90 Å². The third-order valence-corrected chi connectivity index (χ3v) is 8.67. The van der Waals surface area contributed by atoms with Gasteiger partial charge in [0.1, 0.15) is 11.4 Å². The molecule has 7 rings (SSSR count). The lowest BCUT2D eigenvalue weighted by atomic mass is 10.0. The van der Waals surface area contributed by atoms with Gasteiger partial charge in [-0.2, -0.15) is 0 Å². The van der Waals surface area contributed by atoms with Crippen molar-refractivity contribution in [1.29, 1.82) is 0 Å². The predicted molar refractivity (Wildman–Crippen MR) is 184 cm³/mol. The van der Waals surface area contributed by atoms with Crippen LogP contribution in [0.5, 0.6) is 5.75 Å². The SMILES string of the molecule is COc1ccc(Cn2c(C(Cc3c[nH]c4ccccc34)NCO)nnc2[C@@H](Cc2c[nH]c3ccccc23)NC(=O)c2ccccn2)cc1. The van der Waals surface area contributed by atoms with Crippen molar-refractivity contribution < 1.29 is 14.6 Å². The normalized spacial score (nSPS) is 12.7. The van der Waals surface area contributed by atoms with Crippen LogP contribution in [0, 0.1) is 0 Å². The van der Waals surface area contributed by atoms with Crippen molar-refractivity contribution in [2.24, 2.45) is 0 Å². The molecule has 4 aromatic heterocycles. The van der Waals surface area contributed by atoms with Crippen LogP contribution < -0.4 is 15.4 Å². The number of ether oxygens (including phenoxy) is 1. The van der Waals surface area contributed by atoms with Crippen molar-refractivity contribution in [1.82, 2.24) is 40.3 Å². The summed E-state index contributed by atoms with van der Waals surface area (Å²) in [5.74, 6) is 1.65. The van der Waals surface area contributed by atoms with Crippen LogP contribution in [0.15, 0.2) is 110 Å². The number of hydrogen-bond acceptors (Lipinski definition) is 7. The zero-order chi connectivity index (χ0) is 32.9. The van der Waals surface area contributed by atoms with Crippen molar-refractivity contribution in [2.45, 2.75) is 31.5 Å². The van der Waals surface area contributed by atoms with Crippen LogP contribution in [0.4, 0.5) is 0 Å². The summed E-state index contributed by atoms with van der Waals surface area (Å²) in [6.45, 7) is 0.163. The topological polar surface area (TPSA) is 146 Å². The quantitative estimate of drug-likeness (QED) is 0.109. The second kappa shape index (κ2) is 13.9.